The van der Waals surface area contributed by atoms with E-state index in [1.807, 2.05) is 0 Å². The van der Waals surface area contributed by atoms with E-state index in [1.54, 1.807) is 11.4 Å². The smallest absolute Gasteiger partial charge is 0.257 e. The molecular formula is C17H13F2NO4S2. The molecule has 0 aliphatic heterocycles. The molecule has 136 valence electrons. The molecule has 9 heteroatoms. The van der Waals surface area contributed by atoms with Crippen LogP contribution in [0.25, 0.3) is 0 Å². The van der Waals surface area contributed by atoms with Gasteiger partial charge in [0.2, 0.25) is 0 Å². The van der Waals surface area contributed by atoms with E-state index in [2.05, 4.69) is 5.32 Å². The van der Waals surface area contributed by atoms with Crippen LogP contribution >= 0.6 is 11.3 Å². The Kier molecular flexibility index (Phi) is 5.19. The van der Waals surface area contributed by atoms with Crippen molar-refractivity contribution < 1.29 is 26.4 Å². The van der Waals surface area contributed by atoms with Gasteiger partial charge in [0, 0.05) is 6.54 Å². The summed E-state index contributed by atoms with van der Waals surface area (Å²) in [4.78, 5) is 12.2. The van der Waals surface area contributed by atoms with Crippen molar-refractivity contribution in [3.8, 4) is 0 Å². The van der Waals surface area contributed by atoms with Gasteiger partial charge in [-0.2, -0.15) is 0 Å². The van der Waals surface area contributed by atoms with Gasteiger partial charge in [-0.3, -0.25) is 4.79 Å². The van der Waals surface area contributed by atoms with Gasteiger partial charge >= 0.3 is 0 Å². The van der Waals surface area contributed by atoms with Gasteiger partial charge in [0.05, 0.1) is 6.26 Å². The highest BCUT2D eigenvalue weighted by atomic mass is 32.2. The molecule has 0 radical (unpaired) electrons. The second-order valence-electron chi connectivity index (χ2n) is 5.29. The van der Waals surface area contributed by atoms with E-state index in [4.69, 9.17) is 4.42 Å². The average molecular weight is 397 g/mol. The topological polar surface area (TPSA) is 76.4 Å². The van der Waals surface area contributed by atoms with Crippen molar-refractivity contribution in [3.63, 3.8) is 0 Å². The van der Waals surface area contributed by atoms with Gasteiger partial charge in [-0.15, -0.1) is 11.3 Å². The molecule has 0 aliphatic rings. The number of amides is 1. The number of rotatable bonds is 6. The Morgan fingerprint density at radius 2 is 1.85 bits per heavy atom. The SMILES string of the molecule is O=C(NC[C@@H](c1ccco1)S(=O)(=O)c1cccs1)c1c(F)cccc1F. The van der Waals surface area contributed by atoms with Crippen LogP contribution in [0.1, 0.15) is 21.4 Å². The summed E-state index contributed by atoms with van der Waals surface area (Å²) < 4.78 is 58.4. The number of thiophene rings is 1. The molecule has 0 aliphatic carbocycles. The predicted octanol–water partition coefficient (Wildman–Crippen LogP) is 3.56. The molecule has 0 saturated carbocycles. The van der Waals surface area contributed by atoms with E-state index in [-0.39, 0.29) is 9.97 Å². The predicted molar refractivity (Wildman–Crippen MR) is 91.6 cm³/mol. The third kappa shape index (κ3) is 3.54. The van der Waals surface area contributed by atoms with E-state index < -0.39 is 44.7 Å². The minimum atomic E-state index is -3.86. The molecule has 5 nitrogen and oxygen atoms in total. The van der Waals surface area contributed by atoms with Crippen molar-refractivity contribution in [1.82, 2.24) is 5.32 Å². The maximum absolute atomic E-state index is 13.7. The van der Waals surface area contributed by atoms with E-state index in [0.717, 1.165) is 29.5 Å². The van der Waals surface area contributed by atoms with Crippen molar-refractivity contribution in [2.24, 2.45) is 0 Å². The van der Waals surface area contributed by atoms with E-state index >= 15 is 0 Å². The Morgan fingerprint density at radius 1 is 1.12 bits per heavy atom. The number of hydrogen-bond donors (Lipinski definition) is 1. The first kappa shape index (κ1) is 18.3. The quantitative estimate of drug-likeness (QED) is 0.690. The van der Waals surface area contributed by atoms with Gasteiger partial charge < -0.3 is 9.73 Å². The molecule has 1 aromatic carbocycles. The van der Waals surface area contributed by atoms with Gasteiger partial charge in [-0.1, -0.05) is 12.1 Å². The van der Waals surface area contributed by atoms with Crippen LogP contribution < -0.4 is 5.32 Å². The van der Waals surface area contributed by atoms with Crippen LogP contribution in [0.4, 0.5) is 8.78 Å². The highest BCUT2D eigenvalue weighted by Crippen LogP contribution is 2.31. The Hall–Kier alpha value is -2.52. The maximum atomic E-state index is 13.7. The lowest BCUT2D eigenvalue weighted by molar-refractivity contribution is 0.0945. The van der Waals surface area contributed by atoms with E-state index in [9.17, 15) is 22.0 Å². The molecule has 2 aromatic heterocycles. The second kappa shape index (κ2) is 7.38. The fourth-order valence-corrected chi connectivity index (χ4v) is 5.18. The molecule has 0 saturated heterocycles. The number of furan rings is 1. The van der Waals surface area contributed by atoms with Crippen LogP contribution in [0.2, 0.25) is 0 Å². The normalized spacial score (nSPS) is 12.7. The number of carbonyl (C=O) groups is 1. The van der Waals surface area contributed by atoms with Crippen molar-refractivity contribution in [1.29, 1.82) is 0 Å². The molecule has 1 N–H and O–H groups in total. The van der Waals surface area contributed by atoms with E-state index in [0.29, 0.717) is 0 Å². The first-order valence-electron chi connectivity index (χ1n) is 7.44. The molecule has 0 spiro atoms. The summed E-state index contributed by atoms with van der Waals surface area (Å²) in [7, 11) is -3.86. The Morgan fingerprint density at radius 3 is 2.42 bits per heavy atom. The highest BCUT2D eigenvalue weighted by molar-refractivity contribution is 7.93. The first-order chi connectivity index (χ1) is 12.4. The second-order valence-corrected chi connectivity index (χ2v) is 8.59. The maximum Gasteiger partial charge on any atom is 0.257 e. The van der Waals surface area contributed by atoms with Crippen LogP contribution in [-0.4, -0.2) is 20.9 Å². The molecule has 1 amide bonds. The molecular weight excluding hydrogens is 384 g/mol. The molecule has 0 bridgehead atoms. The molecule has 0 fully saturated rings. The minimum absolute atomic E-state index is 0.102. The lowest BCUT2D eigenvalue weighted by atomic mass is 10.2. The molecule has 26 heavy (non-hydrogen) atoms. The largest absolute Gasteiger partial charge is 0.468 e. The van der Waals surface area contributed by atoms with Crippen molar-refractivity contribution in [2.45, 2.75) is 9.46 Å². The summed E-state index contributed by atoms with van der Waals surface area (Å²) in [5.74, 6) is -2.98. The fourth-order valence-electron chi connectivity index (χ4n) is 2.39. The van der Waals surface area contributed by atoms with Gasteiger partial charge in [0.1, 0.15) is 32.4 Å². The number of halogens is 2. The zero-order valence-electron chi connectivity index (χ0n) is 13.2. The first-order valence-corrected chi connectivity index (χ1v) is 9.87. The molecule has 1 atom stereocenters. The fraction of sp³-hybridized carbons (Fsp3) is 0.118. The molecule has 3 rings (SSSR count). The minimum Gasteiger partial charge on any atom is -0.468 e. The van der Waals surface area contributed by atoms with Gasteiger partial charge in [-0.25, -0.2) is 17.2 Å². The summed E-state index contributed by atoms with van der Waals surface area (Å²) in [6, 6.07) is 9.04. The van der Waals surface area contributed by atoms with Crippen molar-refractivity contribution in [3.05, 3.63) is 77.1 Å². The number of nitrogens with one attached hydrogen (secondary N) is 1. The monoisotopic (exact) mass is 397 g/mol. The standard InChI is InChI=1S/C17H13F2NO4S2/c18-11-4-1-5-12(19)16(11)17(21)20-10-14(13-6-2-8-24-13)26(22,23)15-7-3-9-25-15/h1-9,14H,10H2,(H,20,21)/t14-/m0/s1. The van der Waals surface area contributed by atoms with Crippen LogP contribution in [0, 0.1) is 11.6 Å². The number of sulfone groups is 1. The zero-order chi connectivity index (χ0) is 18.7. The Balaban J connectivity index is 1.87. The Labute approximate surface area is 152 Å². The van der Waals surface area contributed by atoms with Gasteiger partial charge in [0.25, 0.3) is 5.91 Å². The van der Waals surface area contributed by atoms with Gasteiger partial charge in [-0.05, 0) is 35.7 Å². The third-order valence-corrected chi connectivity index (χ3v) is 7.14. The highest BCUT2D eigenvalue weighted by Gasteiger charge is 2.33. The zero-order valence-corrected chi connectivity index (χ0v) is 14.8. The summed E-state index contributed by atoms with van der Waals surface area (Å²) in [5.41, 5.74) is -0.765. The summed E-state index contributed by atoms with van der Waals surface area (Å²) in [6.45, 7) is -0.402. The number of hydrogen-bond acceptors (Lipinski definition) is 5. The summed E-state index contributed by atoms with van der Waals surface area (Å²) in [5, 5.41) is 2.67. The molecule has 3 aromatic rings. The number of carbonyl (C=O) groups excluding carboxylic acids is 1. The van der Waals surface area contributed by atoms with Crippen molar-refractivity contribution >= 4 is 27.1 Å². The van der Waals surface area contributed by atoms with Gasteiger partial charge in [0.15, 0.2) is 9.84 Å². The van der Waals surface area contributed by atoms with Crippen LogP contribution in [0.3, 0.4) is 0 Å². The molecule has 2 heterocycles. The lowest BCUT2D eigenvalue weighted by Gasteiger charge is -2.16. The average Bonchev–Trinajstić information content (AvgIpc) is 3.29. The van der Waals surface area contributed by atoms with Crippen LogP contribution in [0.5, 0.6) is 0 Å². The number of benzene rings is 1. The van der Waals surface area contributed by atoms with E-state index in [1.165, 1.54) is 24.5 Å². The summed E-state index contributed by atoms with van der Waals surface area (Å²) in [6.07, 6.45) is 1.31. The lowest BCUT2D eigenvalue weighted by Crippen LogP contribution is -2.32. The third-order valence-electron chi connectivity index (χ3n) is 3.65. The van der Waals surface area contributed by atoms with Crippen LogP contribution in [0.15, 0.2) is 62.7 Å². The Bertz CT molecular complexity index is 979. The summed E-state index contributed by atoms with van der Waals surface area (Å²) >= 11 is 1.03. The van der Waals surface area contributed by atoms with Crippen molar-refractivity contribution in [2.75, 3.05) is 6.54 Å². The van der Waals surface area contributed by atoms with Crippen LogP contribution in [-0.2, 0) is 9.84 Å². The molecule has 0 unspecified atom stereocenters.